The van der Waals surface area contributed by atoms with Crippen molar-refractivity contribution in [2.24, 2.45) is 0 Å². The quantitative estimate of drug-likeness (QED) is 0.480. The Morgan fingerprint density at radius 1 is 1.53 bits per heavy atom. The predicted octanol–water partition coefficient (Wildman–Crippen LogP) is 2.80. The summed E-state index contributed by atoms with van der Waals surface area (Å²) in [5.41, 5.74) is 0. The first-order chi connectivity index (χ1) is 8.28. The molecule has 1 aromatic heterocycles. The van der Waals surface area contributed by atoms with E-state index >= 15 is 0 Å². The van der Waals surface area contributed by atoms with Crippen LogP contribution in [0, 0.1) is 0 Å². The monoisotopic (exact) mass is 274 g/mol. The van der Waals surface area contributed by atoms with Gasteiger partial charge in [-0.3, -0.25) is 0 Å². The summed E-state index contributed by atoms with van der Waals surface area (Å²) >= 11 is 7.32. The first kappa shape index (κ1) is 12.9. The van der Waals surface area contributed by atoms with E-state index in [9.17, 15) is 0 Å². The number of aromatic nitrogens is 2. The van der Waals surface area contributed by atoms with Crippen molar-refractivity contribution in [1.82, 2.24) is 9.97 Å². The Hall–Kier alpha value is -0.520. The Balaban J connectivity index is 1.91. The van der Waals surface area contributed by atoms with Crippen LogP contribution in [-0.2, 0) is 4.74 Å². The average molecular weight is 275 g/mol. The van der Waals surface area contributed by atoms with E-state index in [4.69, 9.17) is 21.1 Å². The van der Waals surface area contributed by atoms with Gasteiger partial charge in [0.1, 0.15) is 11.8 Å². The van der Waals surface area contributed by atoms with E-state index in [1.165, 1.54) is 18.2 Å². The van der Waals surface area contributed by atoms with Gasteiger partial charge in [0.05, 0.1) is 6.10 Å². The molecule has 1 atom stereocenters. The fourth-order valence-electron chi connectivity index (χ4n) is 1.66. The Morgan fingerprint density at radius 2 is 2.41 bits per heavy atom. The van der Waals surface area contributed by atoms with E-state index in [1.807, 2.05) is 6.26 Å². The lowest BCUT2D eigenvalue weighted by Gasteiger charge is -2.22. The summed E-state index contributed by atoms with van der Waals surface area (Å²) in [7, 11) is 0. The third kappa shape index (κ3) is 4.01. The highest BCUT2D eigenvalue weighted by atomic mass is 35.5. The zero-order chi connectivity index (χ0) is 12.1. The molecule has 1 fully saturated rings. The zero-order valence-electron chi connectivity index (χ0n) is 9.69. The third-order valence-electron chi connectivity index (χ3n) is 2.52. The maximum atomic E-state index is 5.87. The summed E-state index contributed by atoms with van der Waals surface area (Å²) in [4.78, 5) is 8.28. The molecule has 0 bridgehead atoms. The van der Waals surface area contributed by atoms with Crippen molar-refractivity contribution in [1.29, 1.82) is 0 Å². The highest BCUT2D eigenvalue weighted by Gasteiger charge is 2.15. The Morgan fingerprint density at radius 3 is 3.12 bits per heavy atom. The molecular formula is C11H15ClN2O2S. The Kier molecular flexibility index (Phi) is 4.88. The largest absolute Gasteiger partial charge is 0.475 e. The van der Waals surface area contributed by atoms with Gasteiger partial charge in [-0.15, -0.1) is 0 Å². The Labute approximate surface area is 110 Å². The molecular weight excluding hydrogens is 260 g/mol. The van der Waals surface area contributed by atoms with Crippen LogP contribution in [0.1, 0.15) is 19.3 Å². The summed E-state index contributed by atoms with van der Waals surface area (Å²) in [5.74, 6) is 0.517. The fourth-order valence-corrected chi connectivity index (χ4v) is 2.25. The second-order valence-electron chi connectivity index (χ2n) is 3.82. The SMILES string of the molecule is CSc1nc(Cl)cc(OCC2CCCCO2)n1. The molecule has 2 heterocycles. The second-order valence-corrected chi connectivity index (χ2v) is 4.98. The molecule has 1 aromatic rings. The van der Waals surface area contributed by atoms with Gasteiger partial charge in [0.25, 0.3) is 0 Å². The molecule has 0 aliphatic carbocycles. The summed E-state index contributed by atoms with van der Waals surface area (Å²) in [5, 5.41) is 1.03. The van der Waals surface area contributed by atoms with E-state index in [2.05, 4.69) is 9.97 Å². The molecule has 0 aromatic carbocycles. The number of hydrogen-bond acceptors (Lipinski definition) is 5. The molecule has 1 saturated heterocycles. The van der Waals surface area contributed by atoms with Gasteiger partial charge in [0.2, 0.25) is 5.88 Å². The van der Waals surface area contributed by atoms with Crippen molar-refractivity contribution in [3.63, 3.8) is 0 Å². The summed E-state index contributed by atoms with van der Waals surface area (Å²) < 4.78 is 11.2. The van der Waals surface area contributed by atoms with Crippen LogP contribution in [0.3, 0.4) is 0 Å². The van der Waals surface area contributed by atoms with Gasteiger partial charge in [-0.2, -0.15) is 4.98 Å². The third-order valence-corrected chi connectivity index (χ3v) is 3.27. The van der Waals surface area contributed by atoms with Crippen LogP contribution in [0.5, 0.6) is 5.88 Å². The summed E-state index contributed by atoms with van der Waals surface area (Å²) in [6, 6.07) is 1.63. The number of nitrogens with zero attached hydrogens (tertiary/aromatic N) is 2. The molecule has 17 heavy (non-hydrogen) atoms. The second kappa shape index (κ2) is 6.42. The van der Waals surface area contributed by atoms with Crippen LogP contribution in [0.2, 0.25) is 5.15 Å². The lowest BCUT2D eigenvalue weighted by Crippen LogP contribution is -2.26. The minimum Gasteiger partial charge on any atom is -0.475 e. The smallest absolute Gasteiger partial charge is 0.218 e. The molecule has 0 amide bonds. The summed E-state index contributed by atoms with van der Waals surface area (Å²) in [6.07, 6.45) is 5.48. The van der Waals surface area contributed by atoms with Crippen molar-refractivity contribution in [3.05, 3.63) is 11.2 Å². The first-order valence-corrected chi connectivity index (χ1v) is 7.21. The van der Waals surface area contributed by atoms with Crippen molar-refractivity contribution < 1.29 is 9.47 Å². The van der Waals surface area contributed by atoms with Crippen LogP contribution >= 0.6 is 23.4 Å². The molecule has 6 heteroatoms. The van der Waals surface area contributed by atoms with E-state index in [-0.39, 0.29) is 6.10 Å². The van der Waals surface area contributed by atoms with Crippen molar-refractivity contribution in [2.75, 3.05) is 19.5 Å². The summed E-state index contributed by atoms with van der Waals surface area (Å²) in [6.45, 7) is 1.36. The minimum atomic E-state index is 0.176. The molecule has 0 radical (unpaired) electrons. The first-order valence-electron chi connectivity index (χ1n) is 5.61. The predicted molar refractivity (Wildman–Crippen MR) is 67.9 cm³/mol. The number of ether oxygens (including phenoxy) is 2. The van der Waals surface area contributed by atoms with E-state index in [0.29, 0.717) is 22.8 Å². The average Bonchev–Trinajstić information content (AvgIpc) is 2.37. The van der Waals surface area contributed by atoms with Gasteiger partial charge in [-0.25, -0.2) is 4.98 Å². The highest BCUT2D eigenvalue weighted by molar-refractivity contribution is 7.98. The Bertz CT molecular complexity index is 372. The van der Waals surface area contributed by atoms with Gasteiger partial charge >= 0.3 is 0 Å². The lowest BCUT2D eigenvalue weighted by atomic mass is 10.1. The van der Waals surface area contributed by atoms with E-state index in [1.54, 1.807) is 6.07 Å². The molecule has 1 aliphatic heterocycles. The van der Waals surface area contributed by atoms with Crippen LogP contribution in [0.15, 0.2) is 11.2 Å². The van der Waals surface area contributed by atoms with E-state index in [0.717, 1.165) is 19.4 Å². The molecule has 0 N–H and O–H groups in total. The molecule has 94 valence electrons. The van der Waals surface area contributed by atoms with Crippen LogP contribution in [-0.4, -0.2) is 35.5 Å². The number of halogens is 1. The number of hydrogen-bond donors (Lipinski definition) is 0. The van der Waals surface area contributed by atoms with Gasteiger partial charge in [0, 0.05) is 12.7 Å². The minimum absolute atomic E-state index is 0.176. The van der Waals surface area contributed by atoms with Gasteiger partial charge < -0.3 is 9.47 Å². The highest BCUT2D eigenvalue weighted by Crippen LogP contribution is 2.20. The number of thioether (sulfide) groups is 1. The topological polar surface area (TPSA) is 44.2 Å². The van der Waals surface area contributed by atoms with Crippen LogP contribution in [0.25, 0.3) is 0 Å². The van der Waals surface area contributed by atoms with Crippen molar-refractivity contribution in [2.45, 2.75) is 30.5 Å². The normalized spacial score (nSPS) is 20.2. The van der Waals surface area contributed by atoms with E-state index < -0.39 is 0 Å². The zero-order valence-corrected chi connectivity index (χ0v) is 11.3. The molecule has 0 saturated carbocycles. The van der Waals surface area contributed by atoms with Crippen molar-refractivity contribution in [3.8, 4) is 5.88 Å². The van der Waals surface area contributed by atoms with Gasteiger partial charge in [0.15, 0.2) is 5.16 Å². The standard InChI is InChI=1S/C11H15ClN2O2S/c1-17-11-13-9(12)6-10(14-11)16-7-8-4-2-3-5-15-8/h6,8H,2-5,7H2,1H3. The molecule has 1 aliphatic rings. The van der Waals surface area contributed by atoms with Gasteiger partial charge in [-0.05, 0) is 25.5 Å². The maximum absolute atomic E-state index is 5.87. The maximum Gasteiger partial charge on any atom is 0.218 e. The molecule has 1 unspecified atom stereocenters. The fraction of sp³-hybridized carbons (Fsp3) is 0.636. The van der Waals surface area contributed by atoms with Gasteiger partial charge in [-0.1, -0.05) is 23.4 Å². The van der Waals surface area contributed by atoms with Crippen LogP contribution < -0.4 is 4.74 Å². The molecule has 4 nitrogen and oxygen atoms in total. The van der Waals surface area contributed by atoms with Crippen LogP contribution in [0.4, 0.5) is 0 Å². The van der Waals surface area contributed by atoms with Crippen molar-refractivity contribution >= 4 is 23.4 Å². The molecule has 0 spiro atoms. The molecule has 2 rings (SSSR count). The number of rotatable bonds is 4. The lowest BCUT2D eigenvalue weighted by molar-refractivity contribution is -0.0120.